The van der Waals surface area contributed by atoms with Crippen LogP contribution >= 0.6 is 0 Å². The van der Waals surface area contributed by atoms with Gasteiger partial charge in [-0.1, -0.05) is 13.8 Å². The molecule has 124 valence electrons. The number of pyridine rings is 1. The first-order chi connectivity index (χ1) is 10.6. The number of ether oxygens (including phenoxy) is 1. The summed E-state index contributed by atoms with van der Waals surface area (Å²) < 4.78 is 58.4. The van der Waals surface area contributed by atoms with Gasteiger partial charge in [-0.3, -0.25) is 4.79 Å². The maximum atomic E-state index is 14.1. The van der Waals surface area contributed by atoms with Crippen LogP contribution in [0.5, 0.6) is 5.75 Å². The molecule has 2 N–H and O–H groups in total. The van der Waals surface area contributed by atoms with Crippen LogP contribution in [-0.2, 0) is 5.41 Å². The third-order valence-electron chi connectivity index (χ3n) is 3.42. The maximum absolute atomic E-state index is 14.1. The van der Waals surface area contributed by atoms with Gasteiger partial charge in [-0.25, -0.2) is 22.4 Å². The van der Waals surface area contributed by atoms with Gasteiger partial charge in [0.1, 0.15) is 0 Å². The van der Waals surface area contributed by atoms with Crippen molar-refractivity contribution in [2.75, 3.05) is 0 Å². The average Bonchev–Trinajstić information content (AvgIpc) is 2.43. The van der Waals surface area contributed by atoms with Gasteiger partial charge in [-0.15, -0.1) is 0 Å². The van der Waals surface area contributed by atoms with E-state index in [0.717, 1.165) is 20.0 Å². The van der Waals surface area contributed by atoms with Crippen LogP contribution in [0.4, 0.5) is 22.4 Å². The predicted molar refractivity (Wildman–Crippen MR) is 72.2 cm³/mol. The van der Waals surface area contributed by atoms with Crippen molar-refractivity contribution in [1.82, 2.24) is 4.98 Å². The van der Waals surface area contributed by atoms with Crippen molar-refractivity contribution in [2.45, 2.75) is 25.7 Å². The van der Waals surface area contributed by atoms with Crippen molar-refractivity contribution >= 4 is 17.1 Å². The van der Waals surface area contributed by atoms with Crippen LogP contribution in [0.25, 0.3) is 10.9 Å². The molecule has 0 atom stereocenters. The molecule has 0 radical (unpaired) electrons. The molecule has 23 heavy (non-hydrogen) atoms. The van der Waals surface area contributed by atoms with Crippen LogP contribution in [0.2, 0.25) is 0 Å². The number of halogens is 4. The van der Waals surface area contributed by atoms with Gasteiger partial charge in [0, 0.05) is 11.8 Å². The number of aromatic nitrogens is 1. The second-order valence-electron chi connectivity index (χ2n) is 5.34. The van der Waals surface area contributed by atoms with E-state index in [1.165, 1.54) is 0 Å². The summed E-state index contributed by atoms with van der Waals surface area (Å²) in [4.78, 5) is 24.9. The zero-order chi connectivity index (χ0) is 17.5. The number of carboxylic acid groups (broad SMARTS) is 1. The number of benzene rings is 1. The van der Waals surface area contributed by atoms with E-state index in [9.17, 15) is 27.2 Å². The fourth-order valence-electron chi connectivity index (χ4n) is 2.18. The maximum Gasteiger partial charge on any atom is 0.511 e. The van der Waals surface area contributed by atoms with E-state index in [1.54, 1.807) is 0 Å². The van der Waals surface area contributed by atoms with Crippen molar-refractivity contribution in [3.63, 3.8) is 0 Å². The second-order valence-corrected chi connectivity index (χ2v) is 5.34. The first-order valence-electron chi connectivity index (χ1n) is 6.30. The fraction of sp³-hybridized carbons (Fsp3) is 0.286. The Morgan fingerprint density at radius 2 is 1.96 bits per heavy atom. The molecule has 0 aliphatic heterocycles. The number of carbonyl (C=O) groups is 1. The zero-order valence-electron chi connectivity index (χ0n) is 11.9. The Balaban J connectivity index is 2.89. The summed E-state index contributed by atoms with van der Waals surface area (Å²) in [6, 6.07) is 0.503. The molecule has 0 aliphatic carbocycles. The molecular weight excluding hydrogens is 322 g/mol. The number of hydrogen-bond donors (Lipinski definition) is 2. The van der Waals surface area contributed by atoms with Crippen LogP contribution in [0.15, 0.2) is 17.1 Å². The van der Waals surface area contributed by atoms with E-state index < -0.39 is 51.8 Å². The summed E-state index contributed by atoms with van der Waals surface area (Å²) in [5, 5.41) is 8.02. The highest BCUT2D eigenvalue weighted by Gasteiger charge is 2.37. The Morgan fingerprint density at radius 3 is 2.48 bits per heavy atom. The minimum Gasteiger partial charge on any atom is -0.449 e. The summed E-state index contributed by atoms with van der Waals surface area (Å²) in [6.07, 6.45) is -4.03. The predicted octanol–water partition coefficient (Wildman–Crippen LogP) is 3.41. The molecule has 5 nitrogen and oxygen atoms in total. The lowest BCUT2D eigenvalue weighted by Crippen LogP contribution is -2.30. The molecule has 0 unspecified atom stereocenters. The monoisotopic (exact) mass is 333 g/mol. The number of hydrogen-bond acceptors (Lipinski definition) is 3. The molecule has 1 heterocycles. The van der Waals surface area contributed by atoms with Gasteiger partial charge in [0.25, 0.3) is 0 Å². The molecule has 2 aromatic rings. The van der Waals surface area contributed by atoms with Crippen molar-refractivity contribution in [2.24, 2.45) is 0 Å². The van der Waals surface area contributed by atoms with E-state index in [1.807, 2.05) is 0 Å². The molecule has 0 fully saturated rings. The van der Waals surface area contributed by atoms with Crippen LogP contribution in [-0.4, -0.2) is 22.7 Å². The van der Waals surface area contributed by atoms with Crippen LogP contribution in [0, 0.1) is 11.6 Å². The molecule has 0 saturated heterocycles. The lowest BCUT2D eigenvalue weighted by molar-refractivity contribution is 0.0677. The minimum absolute atomic E-state index is 0.350. The molecular formula is C14H11F4NO4. The molecule has 2 rings (SSSR count). The Morgan fingerprint density at radius 1 is 1.35 bits per heavy atom. The largest absolute Gasteiger partial charge is 0.511 e. The molecule has 9 heteroatoms. The van der Waals surface area contributed by atoms with E-state index in [2.05, 4.69) is 9.72 Å². The standard InChI is InChI=1S/C14H11F4NO4/c1-14(2,12(17)18)8-9(16)6(15)3-5-10(8)19-4-7(11(5)20)23-13(21)22/h3-4,12H,1-2H3,(H,19,20)(H,21,22). The Bertz CT molecular complexity index is 845. The number of aromatic amines is 1. The minimum atomic E-state index is -3.04. The van der Waals surface area contributed by atoms with Crippen molar-refractivity contribution < 1.29 is 32.2 Å². The molecule has 0 bridgehead atoms. The van der Waals surface area contributed by atoms with Gasteiger partial charge >= 0.3 is 6.16 Å². The molecule has 0 aliphatic rings. The van der Waals surface area contributed by atoms with Gasteiger partial charge in [0.15, 0.2) is 17.4 Å². The quantitative estimate of drug-likeness (QED) is 0.666. The first kappa shape index (κ1) is 16.8. The molecule has 1 aromatic carbocycles. The Labute approximate surface area is 126 Å². The van der Waals surface area contributed by atoms with Crippen molar-refractivity contribution in [1.29, 1.82) is 0 Å². The molecule has 1 aromatic heterocycles. The van der Waals surface area contributed by atoms with Gasteiger partial charge < -0.3 is 14.8 Å². The SMILES string of the molecule is CC(C)(c1c(F)c(F)cc2c(=O)c(OC(=O)O)c[nH]c12)C(F)F. The van der Waals surface area contributed by atoms with Gasteiger partial charge in [-0.05, 0) is 6.07 Å². The van der Waals surface area contributed by atoms with Crippen LogP contribution in [0.3, 0.4) is 0 Å². The fourth-order valence-corrected chi connectivity index (χ4v) is 2.18. The molecule has 0 saturated carbocycles. The van der Waals surface area contributed by atoms with Gasteiger partial charge in [0.05, 0.1) is 16.3 Å². The van der Waals surface area contributed by atoms with Gasteiger partial charge in [0.2, 0.25) is 11.9 Å². The van der Waals surface area contributed by atoms with E-state index in [0.29, 0.717) is 6.07 Å². The van der Waals surface area contributed by atoms with E-state index in [-0.39, 0.29) is 5.52 Å². The summed E-state index contributed by atoms with van der Waals surface area (Å²) in [5.74, 6) is -3.69. The zero-order valence-corrected chi connectivity index (χ0v) is 11.9. The molecule has 0 spiro atoms. The summed E-state index contributed by atoms with van der Waals surface area (Å²) in [5.41, 5.74) is -4.22. The number of nitrogens with one attached hydrogen (secondary N) is 1. The topological polar surface area (TPSA) is 79.4 Å². The van der Waals surface area contributed by atoms with Crippen molar-refractivity contribution in [3.8, 4) is 5.75 Å². The number of rotatable bonds is 3. The molecule has 0 amide bonds. The van der Waals surface area contributed by atoms with E-state index >= 15 is 0 Å². The number of alkyl halides is 2. The number of H-pyrrole nitrogens is 1. The average molecular weight is 333 g/mol. The highest BCUT2D eigenvalue weighted by molar-refractivity contribution is 5.84. The van der Waals surface area contributed by atoms with Gasteiger partial charge in [-0.2, -0.15) is 0 Å². The second kappa shape index (κ2) is 5.56. The Hall–Kier alpha value is -2.58. The lowest BCUT2D eigenvalue weighted by atomic mass is 9.83. The Kier molecular flexibility index (Phi) is 4.06. The third-order valence-corrected chi connectivity index (χ3v) is 3.42. The smallest absolute Gasteiger partial charge is 0.449 e. The summed E-state index contributed by atoms with van der Waals surface area (Å²) in [6.45, 7) is 1.99. The first-order valence-corrected chi connectivity index (χ1v) is 6.30. The lowest BCUT2D eigenvalue weighted by Gasteiger charge is -2.26. The summed E-state index contributed by atoms with van der Waals surface area (Å²) >= 11 is 0. The highest BCUT2D eigenvalue weighted by Crippen LogP contribution is 2.37. The normalized spacial score (nSPS) is 12.0. The number of fused-ring (bicyclic) bond motifs is 1. The highest BCUT2D eigenvalue weighted by atomic mass is 19.3. The van der Waals surface area contributed by atoms with Crippen LogP contribution < -0.4 is 10.2 Å². The van der Waals surface area contributed by atoms with Crippen LogP contribution in [0.1, 0.15) is 19.4 Å². The third kappa shape index (κ3) is 2.73. The van der Waals surface area contributed by atoms with Crippen molar-refractivity contribution in [3.05, 3.63) is 39.7 Å². The summed E-state index contributed by atoms with van der Waals surface area (Å²) in [7, 11) is 0. The van der Waals surface area contributed by atoms with E-state index in [4.69, 9.17) is 5.11 Å².